The zero-order valence-electron chi connectivity index (χ0n) is 11.2. The van der Waals surface area contributed by atoms with Crippen LogP contribution in [0.25, 0.3) is 0 Å². The molecule has 0 unspecified atom stereocenters. The third-order valence-electron chi connectivity index (χ3n) is 3.01. The number of ether oxygens (including phenoxy) is 1. The van der Waals surface area contributed by atoms with Crippen LogP contribution < -0.4 is 10.1 Å². The van der Waals surface area contributed by atoms with Gasteiger partial charge in [-0.25, -0.2) is 0 Å². The average Bonchev–Trinajstić information content (AvgIpc) is 2.42. The van der Waals surface area contributed by atoms with E-state index in [0.717, 1.165) is 22.9 Å². The number of benzene rings is 2. The fraction of sp³-hybridized carbons (Fsp3) is 0.250. The van der Waals surface area contributed by atoms with E-state index in [1.54, 1.807) is 0 Å². The van der Waals surface area contributed by atoms with E-state index < -0.39 is 0 Å². The van der Waals surface area contributed by atoms with Gasteiger partial charge >= 0.3 is 0 Å². The van der Waals surface area contributed by atoms with E-state index in [0.29, 0.717) is 6.61 Å². The molecule has 2 aromatic rings. The topological polar surface area (TPSA) is 21.3 Å². The maximum Gasteiger partial charge on any atom is 0.120 e. The SMILES string of the molecule is CNCc1ccccc1COc1ccc(Cl)c(C)c1. The summed E-state index contributed by atoms with van der Waals surface area (Å²) in [6.07, 6.45) is 0. The van der Waals surface area contributed by atoms with Gasteiger partial charge in [-0.3, -0.25) is 0 Å². The van der Waals surface area contributed by atoms with Crippen molar-refractivity contribution in [1.82, 2.24) is 5.32 Å². The predicted molar refractivity (Wildman–Crippen MR) is 79.7 cm³/mol. The molecule has 0 saturated carbocycles. The van der Waals surface area contributed by atoms with E-state index >= 15 is 0 Å². The van der Waals surface area contributed by atoms with Crippen molar-refractivity contribution in [3.05, 3.63) is 64.2 Å². The molecular weight excluding hydrogens is 258 g/mol. The minimum absolute atomic E-state index is 0.568. The number of nitrogens with one attached hydrogen (secondary N) is 1. The number of rotatable bonds is 5. The maximum absolute atomic E-state index is 6.00. The standard InChI is InChI=1S/C16H18ClNO/c1-12-9-15(7-8-16(12)17)19-11-14-6-4-3-5-13(14)10-18-2/h3-9,18H,10-11H2,1-2H3. The molecule has 0 aliphatic heterocycles. The van der Waals surface area contributed by atoms with Crippen LogP contribution in [0.15, 0.2) is 42.5 Å². The summed E-state index contributed by atoms with van der Waals surface area (Å²) in [5.74, 6) is 0.848. The molecule has 2 nitrogen and oxygen atoms in total. The third kappa shape index (κ3) is 3.72. The van der Waals surface area contributed by atoms with Crippen molar-refractivity contribution in [3.8, 4) is 5.75 Å². The summed E-state index contributed by atoms with van der Waals surface area (Å²) in [4.78, 5) is 0. The molecule has 0 saturated heterocycles. The summed E-state index contributed by atoms with van der Waals surface area (Å²) in [5.41, 5.74) is 3.49. The Bertz CT molecular complexity index is 554. The zero-order valence-corrected chi connectivity index (χ0v) is 12.0. The van der Waals surface area contributed by atoms with Crippen LogP contribution in [0.4, 0.5) is 0 Å². The highest BCUT2D eigenvalue weighted by Gasteiger charge is 2.03. The minimum atomic E-state index is 0.568. The van der Waals surface area contributed by atoms with Crippen LogP contribution in [0.2, 0.25) is 5.02 Å². The van der Waals surface area contributed by atoms with Crippen LogP contribution in [0.5, 0.6) is 5.75 Å². The number of halogens is 1. The Kier molecular flexibility index (Phi) is 4.83. The van der Waals surface area contributed by atoms with E-state index in [4.69, 9.17) is 16.3 Å². The van der Waals surface area contributed by atoms with Gasteiger partial charge in [0.05, 0.1) is 0 Å². The molecule has 0 heterocycles. The molecule has 0 atom stereocenters. The van der Waals surface area contributed by atoms with E-state index in [-0.39, 0.29) is 0 Å². The van der Waals surface area contributed by atoms with Crippen LogP contribution in [0, 0.1) is 6.92 Å². The smallest absolute Gasteiger partial charge is 0.120 e. The van der Waals surface area contributed by atoms with Gasteiger partial charge < -0.3 is 10.1 Å². The summed E-state index contributed by atoms with van der Waals surface area (Å²) in [6, 6.07) is 14.0. The summed E-state index contributed by atoms with van der Waals surface area (Å²) in [5, 5.41) is 3.93. The molecule has 1 N–H and O–H groups in total. The second kappa shape index (κ2) is 6.60. The summed E-state index contributed by atoms with van der Waals surface area (Å²) < 4.78 is 5.83. The van der Waals surface area contributed by atoms with Crippen LogP contribution in [-0.2, 0) is 13.2 Å². The van der Waals surface area contributed by atoms with Crippen LogP contribution in [0.1, 0.15) is 16.7 Å². The van der Waals surface area contributed by atoms with E-state index in [9.17, 15) is 0 Å². The van der Waals surface area contributed by atoms with Crippen molar-refractivity contribution in [2.24, 2.45) is 0 Å². The van der Waals surface area contributed by atoms with Gasteiger partial charge in [0.25, 0.3) is 0 Å². The monoisotopic (exact) mass is 275 g/mol. The van der Waals surface area contributed by atoms with Crippen molar-refractivity contribution in [2.45, 2.75) is 20.1 Å². The molecule has 19 heavy (non-hydrogen) atoms. The first-order chi connectivity index (χ1) is 9.20. The highest BCUT2D eigenvalue weighted by atomic mass is 35.5. The molecule has 0 aromatic heterocycles. The Morgan fingerprint density at radius 3 is 2.53 bits per heavy atom. The highest BCUT2D eigenvalue weighted by Crippen LogP contribution is 2.22. The molecular formula is C16H18ClNO. The molecule has 0 aliphatic carbocycles. The predicted octanol–water partition coefficient (Wildman–Crippen LogP) is 3.95. The van der Waals surface area contributed by atoms with Gasteiger partial charge in [-0.05, 0) is 48.9 Å². The van der Waals surface area contributed by atoms with Crippen molar-refractivity contribution < 1.29 is 4.74 Å². The van der Waals surface area contributed by atoms with Gasteiger partial charge in [-0.15, -0.1) is 0 Å². The normalized spacial score (nSPS) is 10.5. The molecule has 0 radical (unpaired) electrons. The lowest BCUT2D eigenvalue weighted by Crippen LogP contribution is -2.09. The molecule has 3 heteroatoms. The Labute approximate surface area is 119 Å². The van der Waals surface area contributed by atoms with Gasteiger partial charge in [-0.2, -0.15) is 0 Å². The van der Waals surface area contributed by atoms with Crippen LogP contribution in [-0.4, -0.2) is 7.05 Å². The van der Waals surface area contributed by atoms with Crippen molar-refractivity contribution in [1.29, 1.82) is 0 Å². The number of hydrogen-bond acceptors (Lipinski definition) is 2. The third-order valence-corrected chi connectivity index (χ3v) is 3.43. The molecule has 0 fully saturated rings. The lowest BCUT2D eigenvalue weighted by molar-refractivity contribution is 0.304. The van der Waals surface area contributed by atoms with E-state index in [1.165, 1.54) is 11.1 Å². The van der Waals surface area contributed by atoms with Crippen LogP contribution >= 0.6 is 11.6 Å². The van der Waals surface area contributed by atoms with E-state index in [2.05, 4.69) is 17.4 Å². The molecule has 0 spiro atoms. The van der Waals surface area contributed by atoms with E-state index in [1.807, 2.05) is 44.3 Å². The quantitative estimate of drug-likeness (QED) is 0.892. The molecule has 2 aromatic carbocycles. The molecule has 0 aliphatic rings. The van der Waals surface area contributed by atoms with Gasteiger partial charge in [-0.1, -0.05) is 35.9 Å². The first-order valence-corrected chi connectivity index (χ1v) is 6.69. The van der Waals surface area contributed by atoms with Gasteiger partial charge in [0.2, 0.25) is 0 Å². The molecule has 100 valence electrons. The lowest BCUT2D eigenvalue weighted by atomic mass is 10.1. The Morgan fingerprint density at radius 1 is 1.11 bits per heavy atom. The summed E-state index contributed by atoms with van der Waals surface area (Å²) >= 11 is 6.00. The van der Waals surface area contributed by atoms with Crippen molar-refractivity contribution in [3.63, 3.8) is 0 Å². The fourth-order valence-corrected chi connectivity index (χ4v) is 2.05. The Hall–Kier alpha value is -1.51. The largest absolute Gasteiger partial charge is 0.489 e. The fourth-order valence-electron chi connectivity index (χ4n) is 1.93. The average molecular weight is 276 g/mol. The number of aryl methyl sites for hydroxylation is 1. The van der Waals surface area contributed by atoms with Gasteiger partial charge in [0.15, 0.2) is 0 Å². The second-order valence-corrected chi connectivity index (χ2v) is 4.91. The molecule has 0 bridgehead atoms. The van der Waals surface area contributed by atoms with Crippen molar-refractivity contribution >= 4 is 11.6 Å². The van der Waals surface area contributed by atoms with Crippen LogP contribution in [0.3, 0.4) is 0 Å². The maximum atomic E-state index is 6.00. The lowest BCUT2D eigenvalue weighted by Gasteiger charge is -2.11. The van der Waals surface area contributed by atoms with Gasteiger partial charge in [0, 0.05) is 11.6 Å². The molecule has 0 amide bonds. The second-order valence-electron chi connectivity index (χ2n) is 4.50. The first kappa shape index (κ1) is 13.9. The molecule has 2 rings (SSSR count). The Morgan fingerprint density at radius 2 is 1.84 bits per heavy atom. The highest BCUT2D eigenvalue weighted by molar-refractivity contribution is 6.31. The first-order valence-electron chi connectivity index (χ1n) is 6.31. The minimum Gasteiger partial charge on any atom is -0.489 e. The Balaban J connectivity index is 2.07. The van der Waals surface area contributed by atoms with Gasteiger partial charge in [0.1, 0.15) is 12.4 Å². The number of hydrogen-bond donors (Lipinski definition) is 1. The summed E-state index contributed by atoms with van der Waals surface area (Å²) in [6.45, 7) is 3.39. The zero-order chi connectivity index (χ0) is 13.7. The van der Waals surface area contributed by atoms with Crippen molar-refractivity contribution in [2.75, 3.05) is 7.05 Å². The summed E-state index contributed by atoms with van der Waals surface area (Å²) in [7, 11) is 1.94.